The number of thiocarbonyl (C=S) groups is 1. The molecule has 6 heteroatoms. The largest absolute Gasteiger partial charge is 0.493 e. The van der Waals surface area contributed by atoms with E-state index in [0.717, 1.165) is 16.6 Å². The van der Waals surface area contributed by atoms with Gasteiger partial charge in [-0.3, -0.25) is 10.1 Å². The molecule has 0 unspecified atom stereocenters. The molecule has 2 N–H and O–H groups in total. The molecule has 0 saturated heterocycles. The van der Waals surface area contributed by atoms with Crippen molar-refractivity contribution in [3.8, 4) is 5.75 Å². The number of ether oxygens (including phenoxy) is 1. The molecule has 0 aromatic heterocycles. The van der Waals surface area contributed by atoms with Crippen molar-refractivity contribution >= 4 is 44.9 Å². The summed E-state index contributed by atoms with van der Waals surface area (Å²) in [5.74, 6) is 0.832. The van der Waals surface area contributed by atoms with Crippen LogP contribution in [0.25, 0.3) is 0 Å². The van der Waals surface area contributed by atoms with Crippen LogP contribution < -0.4 is 15.4 Å². The molecular weight excluding hydrogens is 412 g/mol. The molecular formula is C20H23BrN2O2S. The Labute approximate surface area is 168 Å². The van der Waals surface area contributed by atoms with Crippen molar-refractivity contribution in [3.63, 3.8) is 0 Å². The van der Waals surface area contributed by atoms with E-state index in [1.54, 1.807) is 18.2 Å². The summed E-state index contributed by atoms with van der Waals surface area (Å²) in [5, 5.41) is 6.14. The molecule has 0 aliphatic heterocycles. The molecule has 0 saturated carbocycles. The van der Waals surface area contributed by atoms with E-state index in [9.17, 15) is 4.79 Å². The van der Waals surface area contributed by atoms with Crippen molar-refractivity contribution in [1.82, 2.24) is 5.32 Å². The molecule has 1 atom stereocenters. The van der Waals surface area contributed by atoms with Gasteiger partial charge in [0, 0.05) is 11.3 Å². The zero-order valence-corrected chi connectivity index (χ0v) is 17.5. The van der Waals surface area contributed by atoms with Crippen LogP contribution >= 0.6 is 28.1 Å². The van der Waals surface area contributed by atoms with Crippen LogP contribution in [0.15, 0.2) is 46.9 Å². The highest BCUT2D eigenvalue weighted by atomic mass is 79.9. The number of carbonyl (C=O) groups is 1. The van der Waals surface area contributed by atoms with Gasteiger partial charge in [0.05, 0.1) is 11.1 Å². The third-order valence-corrected chi connectivity index (χ3v) is 4.90. The molecule has 1 amide bonds. The number of halogens is 1. The van der Waals surface area contributed by atoms with Gasteiger partial charge in [-0.05, 0) is 77.2 Å². The molecule has 0 radical (unpaired) electrons. The standard InChI is InChI=1S/C20H23BrN2O2S/c1-4-13(3)15-8-6-7-9-17(15)22-20(26)23-19(24)14-10-11-18(25-5-2)16(21)12-14/h6-13H,4-5H2,1-3H3,(H2,22,23,24,26)/t13-/m0/s1. The molecule has 0 spiro atoms. The SMILES string of the molecule is CCOc1ccc(C(=O)NC(=S)Nc2ccccc2[C@@H](C)CC)cc1Br. The Morgan fingerprint density at radius 3 is 2.62 bits per heavy atom. The highest BCUT2D eigenvalue weighted by Gasteiger charge is 2.13. The summed E-state index contributed by atoms with van der Waals surface area (Å²) < 4.78 is 6.19. The van der Waals surface area contributed by atoms with Gasteiger partial charge in [-0.15, -0.1) is 0 Å². The van der Waals surface area contributed by atoms with E-state index in [1.807, 2.05) is 25.1 Å². The van der Waals surface area contributed by atoms with Crippen molar-refractivity contribution < 1.29 is 9.53 Å². The molecule has 0 aliphatic rings. The van der Waals surface area contributed by atoms with Crippen LogP contribution in [0.5, 0.6) is 5.75 Å². The first-order chi connectivity index (χ1) is 12.5. The topological polar surface area (TPSA) is 50.4 Å². The lowest BCUT2D eigenvalue weighted by Gasteiger charge is -2.17. The molecule has 2 aromatic carbocycles. The summed E-state index contributed by atoms with van der Waals surface area (Å²) in [7, 11) is 0. The number of hydrogen-bond acceptors (Lipinski definition) is 3. The van der Waals surface area contributed by atoms with Crippen molar-refractivity contribution in [2.24, 2.45) is 0 Å². The molecule has 0 aliphatic carbocycles. The van der Waals surface area contributed by atoms with Crippen molar-refractivity contribution in [2.45, 2.75) is 33.1 Å². The van der Waals surface area contributed by atoms with Crippen LogP contribution in [0.3, 0.4) is 0 Å². The van der Waals surface area contributed by atoms with Crippen LogP contribution in [-0.2, 0) is 0 Å². The van der Waals surface area contributed by atoms with Crippen molar-refractivity contribution in [2.75, 3.05) is 11.9 Å². The van der Waals surface area contributed by atoms with Gasteiger partial charge < -0.3 is 10.1 Å². The maximum atomic E-state index is 12.4. The first-order valence-corrected chi connectivity index (χ1v) is 9.80. The maximum Gasteiger partial charge on any atom is 0.257 e. The second-order valence-corrected chi connectivity index (χ2v) is 7.15. The Balaban J connectivity index is 2.06. The number of nitrogens with one attached hydrogen (secondary N) is 2. The molecule has 4 nitrogen and oxygen atoms in total. The Kier molecular flexibility index (Phi) is 7.60. The van der Waals surface area contributed by atoms with E-state index < -0.39 is 0 Å². The lowest BCUT2D eigenvalue weighted by Crippen LogP contribution is -2.34. The highest BCUT2D eigenvalue weighted by molar-refractivity contribution is 9.10. The molecule has 0 fully saturated rings. The number of rotatable bonds is 6. The predicted molar refractivity (Wildman–Crippen MR) is 114 cm³/mol. The van der Waals surface area contributed by atoms with Gasteiger partial charge in [0.1, 0.15) is 5.75 Å². The maximum absolute atomic E-state index is 12.4. The predicted octanol–water partition coefficient (Wildman–Crippen LogP) is 5.49. The van der Waals surface area contributed by atoms with E-state index in [2.05, 4.69) is 46.5 Å². The van der Waals surface area contributed by atoms with E-state index in [0.29, 0.717) is 23.8 Å². The average molecular weight is 435 g/mol. The number of para-hydroxylation sites is 1. The van der Waals surface area contributed by atoms with Gasteiger partial charge in [-0.25, -0.2) is 0 Å². The van der Waals surface area contributed by atoms with Gasteiger partial charge in [-0.2, -0.15) is 0 Å². The number of amides is 1. The van der Waals surface area contributed by atoms with Crippen molar-refractivity contribution in [3.05, 3.63) is 58.1 Å². The highest BCUT2D eigenvalue weighted by Crippen LogP contribution is 2.27. The minimum absolute atomic E-state index is 0.271. The van der Waals surface area contributed by atoms with Gasteiger partial charge in [0.15, 0.2) is 5.11 Å². The van der Waals surface area contributed by atoms with Crippen LogP contribution in [0.2, 0.25) is 0 Å². The smallest absolute Gasteiger partial charge is 0.257 e. The van der Waals surface area contributed by atoms with Gasteiger partial charge >= 0.3 is 0 Å². The fraction of sp³-hybridized carbons (Fsp3) is 0.300. The average Bonchev–Trinajstić information content (AvgIpc) is 2.63. The molecule has 0 bridgehead atoms. The number of carbonyl (C=O) groups excluding carboxylic acids is 1. The zero-order chi connectivity index (χ0) is 19.1. The second kappa shape index (κ2) is 9.69. The van der Waals surface area contributed by atoms with Gasteiger partial charge in [-0.1, -0.05) is 32.0 Å². The Hall–Kier alpha value is -1.92. The summed E-state index contributed by atoms with van der Waals surface area (Å²) >= 11 is 8.73. The van der Waals surface area contributed by atoms with Gasteiger partial charge in [0.25, 0.3) is 5.91 Å². The Morgan fingerprint density at radius 1 is 1.23 bits per heavy atom. The fourth-order valence-corrected chi connectivity index (χ4v) is 3.20. The minimum atomic E-state index is -0.271. The minimum Gasteiger partial charge on any atom is -0.493 e. The normalized spacial score (nSPS) is 11.5. The van der Waals surface area contributed by atoms with E-state index in [1.165, 1.54) is 5.56 Å². The summed E-state index contributed by atoms with van der Waals surface area (Å²) in [6.45, 7) is 6.78. The Bertz CT molecular complexity index is 795. The van der Waals surface area contributed by atoms with E-state index in [4.69, 9.17) is 17.0 Å². The summed E-state index contributed by atoms with van der Waals surface area (Å²) in [6.07, 6.45) is 1.03. The third-order valence-electron chi connectivity index (χ3n) is 4.07. The summed E-state index contributed by atoms with van der Waals surface area (Å²) in [6, 6.07) is 13.2. The van der Waals surface area contributed by atoms with Crippen molar-refractivity contribution in [1.29, 1.82) is 0 Å². The van der Waals surface area contributed by atoms with Gasteiger partial charge in [0.2, 0.25) is 0 Å². The lowest BCUT2D eigenvalue weighted by atomic mass is 9.97. The monoisotopic (exact) mass is 434 g/mol. The van der Waals surface area contributed by atoms with E-state index >= 15 is 0 Å². The van der Waals surface area contributed by atoms with E-state index in [-0.39, 0.29) is 11.0 Å². The second-order valence-electron chi connectivity index (χ2n) is 5.88. The Morgan fingerprint density at radius 2 is 1.96 bits per heavy atom. The zero-order valence-electron chi connectivity index (χ0n) is 15.1. The molecule has 138 valence electrons. The summed E-state index contributed by atoms with van der Waals surface area (Å²) in [5.41, 5.74) is 2.59. The van der Waals surface area contributed by atoms with Crippen LogP contribution in [0, 0.1) is 0 Å². The van der Waals surface area contributed by atoms with Crippen LogP contribution in [-0.4, -0.2) is 17.6 Å². The molecule has 2 rings (SSSR count). The molecule has 2 aromatic rings. The first-order valence-electron chi connectivity index (χ1n) is 8.59. The fourth-order valence-electron chi connectivity index (χ4n) is 2.50. The first kappa shape index (κ1) is 20.4. The molecule has 0 heterocycles. The quantitative estimate of drug-likeness (QED) is 0.590. The number of anilines is 1. The van der Waals surface area contributed by atoms with Crippen LogP contribution in [0.4, 0.5) is 5.69 Å². The third kappa shape index (κ3) is 5.29. The lowest BCUT2D eigenvalue weighted by molar-refractivity contribution is 0.0977. The summed E-state index contributed by atoms with van der Waals surface area (Å²) in [4.78, 5) is 12.4. The van der Waals surface area contributed by atoms with Crippen LogP contribution in [0.1, 0.15) is 49.0 Å². The number of hydrogen-bond donors (Lipinski definition) is 2. The number of benzene rings is 2. The molecule has 26 heavy (non-hydrogen) atoms.